The molecule has 0 atom stereocenters. The van der Waals surface area contributed by atoms with E-state index in [1.807, 2.05) is 4.90 Å². The molecule has 1 heterocycles. The van der Waals surface area contributed by atoms with Crippen LogP contribution in [0.4, 0.5) is 0 Å². The Morgan fingerprint density at radius 1 is 1.42 bits per heavy atom. The highest BCUT2D eigenvalue weighted by Crippen LogP contribution is 2.15. The van der Waals surface area contributed by atoms with Crippen molar-refractivity contribution in [2.45, 2.75) is 33.1 Å². The van der Waals surface area contributed by atoms with Gasteiger partial charge in [0, 0.05) is 20.0 Å². The molecule has 1 amide bonds. The number of amides is 1. The third kappa shape index (κ3) is 2.36. The van der Waals surface area contributed by atoms with Gasteiger partial charge in [-0.3, -0.25) is 4.79 Å². The van der Waals surface area contributed by atoms with Crippen LogP contribution < -0.4 is 0 Å². The molecule has 0 aliphatic carbocycles. The highest BCUT2D eigenvalue weighted by atomic mass is 16.2. The molecule has 0 aromatic rings. The van der Waals surface area contributed by atoms with Crippen molar-refractivity contribution >= 4 is 5.91 Å². The first-order valence-corrected chi connectivity index (χ1v) is 4.63. The molecule has 2 nitrogen and oxygen atoms in total. The van der Waals surface area contributed by atoms with Crippen LogP contribution in [0.15, 0.2) is 11.6 Å². The third-order valence-corrected chi connectivity index (χ3v) is 2.48. The third-order valence-electron chi connectivity index (χ3n) is 2.48. The molecule has 1 aliphatic heterocycles. The van der Waals surface area contributed by atoms with Gasteiger partial charge in [0.2, 0.25) is 5.91 Å². The fraction of sp³-hybridized carbons (Fsp3) is 0.700. The second-order valence-corrected chi connectivity index (χ2v) is 3.31. The van der Waals surface area contributed by atoms with Gasteiger partial charge in [-0.05, 0) is 26.2 Å². The average Bonchev–Trinajstić information content (AvgIpc) is 2.28. The Hall–Kier alpha value is -0.790. The summed E-state index contributed by atoms with van der Waals surface area (Å²) >= 11 is 0. The Labute approximate surface area is 74.2 Å². The lowest BCUT2D eigenvalue weighted by Gasteiger charge is -2.17. The van der Waals surface area contributed by atoms with Gasteiger partial charge in [0.05, 0.1) is 0 Å². The number of carbonyl (C=O) groups is 1. The van der Waals surface area contributed by atoms with E-state index in [0.29, 0.717) is 0 Å². The largest absolute Gasteiger partial charge is 0.343 e. The molecule has 0 aromatic carbocycles. The van der Waals surface area contributed by atoms with Crippen molar-refractivity contribution in [3.63, 3.8) is 0 Å². The highest BCUT2D eigenvalue weighted by molar-refractivity contribution is 5.73. The molecule has 0 spiro atoms. The minimum absolute atomic E-state index is 0.215. The fourth-order valence-corrected chi connectivity index (χ4v) is 1.62. The number of hydrogen-bond donors (Lipinski definition) is 0. The average molecular weight is 167 g/mol. The fourth-order valence-electron chi connectivity index (χ4n) is 1.62. The molecular formula is C10H17NO. The molecule has 0 unspecified atom stereocenters. The first-order valence-electron chi connectivity index (χ1n) is 4.63. The quantitative estimate of drug-likeness (QED) is 0.505. The maximum absolute atomic E-state index is 11.1. The molecule has 0 bridgehead atoms. The molecule has 0 saturated carbocycles. The van der Waals surface area contributed by atoms with Gasteiger partial charge in [0.25, 0.3) is 0 Å². The van der Waals surface area contributed by atoms with Crippen molar-refractivity contribution in [2.24, 2.45) is 0 Å². The van der Waals surface area contributed by atoms with Crippen molar-refractivity contribution in [2.75, 3.05) is 13.1 Å². The van der Waals surface area contributed by atoms with Gasteiger partial charge in [0.1, 0.15) is 0 Å². The zero-order valence-corrected chi connectivity index (χ0v) is 7.97. The minimum atomic E-state index is 0.215. The molecule has 1 aliphatic rings. The summed E-state index contributed by atoms with van der Waals surface area (Å²) in [5, 5.41) is 0. The van der Waals surface area contributed by atoms with E-state index in [9.17, 15) is 4.79 Å². The highest BCUT2D eigenvalue weighted by Gasteiger charge is 2.12. The first-order chi connectivity index (χ1) is 5.74. The summed E-state index contributed by atoms with van der Waals surface area (Å²) in [5.74, 6) is 0.215. The maximum atomic E-state index is 11.1. The number of carbonyl (C=O) groups excluding carboxylic acids is 1. The van der Waals surface area contributed by atoms with Gasteiger partial charge in [0.15, 0.2) is 0 Å². The topological polar surface area (TPSA) is 20.3 Å². The van der Waals surface area contributed by atoms with E-state index in [2.05, 4.69) is 13.0 Å². The van der Waals surface area contributed by atoms with Gasteiger partial charge in [-0.25, -0.2) is 0 Å². The standard InChI is InChI=1S/C10H17NO/c1-3-10-5-4-7-11(8-6-10)9(2)12/h3H,4-8H2,1-2H3. The van der Waals surface area contributed by atoms with Crippen LogP contribution in [0.25, 0.3) is 0 Å². The van der Waals surface area contributed by atoms with E-state index >= 15 is 0 Å². The van der Waals surface area contributed by atoms with Crippen LogP contribution in [0, 0.1) is 0 Å². The van der Waals surface area contributed by atoms with Gasteiger partial charge in [-0.15, -0.1) is 0 Å². The summed E-state index contributed by atoms with van der Waals surface area (Å²) < 4.78 is 0. The molecule has 1 rings (SSSR count). The lowest BCUT2D eigenvalue weighted by molar-refractivity contribution is -0.128. The zero-order chi connectivity index (χ0) is 8.97. The van der Waals surface area contributed by atoms with Crippen molar-refractivity contribution in [1.29, 1.82) is 0 Å². The Bertz CT molecular complexity index is 196. The van der Waals surface area contributed by atoms with E-state index < -0.39 is 0 Å². The number of rotatable bonds is 0. The van der Waals surface area contributed by atoms with Crippen molar-refractivity contribution in [1.82, 2.24) is 4.90 Å². The number of nitrogens with zero attached hydrogens (tertiary/aromatic N) is 1. The summed E-state index contributed by atoms with van der Waals surface area (Å²) in [6, 6.07) is 0. The van der Waals surface area contributed by atoms with E-state index in [-0.39, 0.29) is 5.91 Å². The molecule has 1 saturated heterocycles. The molecule has 0 radical (unpaired) electrons. The summed E-state index contributed by atoms with van der Waals surface area (Å²) in [5.41, 5.74) is 1.50. The molecule has 2 heteroatoms. The second kappa shape index (κ2) is 4.29. The van der Waals surface area contributed by atoms with Crippen molar-refractivity contribution in [3.8, 4) is 0 Å². The number of likely N-dealkylation sites (tertiary alicyclic amines) is 1. The summed E-state index contributed by atoms with van der Waals surface area (Å²) in [6.07, 6.45) is 5.54. The van der Waals surface area contributed by atoms with Crippen molar-refractivity contribution in [3.05, 3.63) is 11.6 Å². The summed E-state index contributed by atoms with van der Waals surface area (Å²) in [6.45, 7) is 5.58. The van der Waals surface area contributed by atoms with Crippen LogP contribution in [0.1, 0.15) is 33.1 Å². The molecule has 0 N–H and O–H groups in total. The van der Waals surface area contributed by atoms with Gasteiger partial charge >= 0.3 is 0 Å². The predicted molar refractivity (Wildman–Crippen MR) is 49.9 cm³/mol. The van der Waals surface area contributed by atoms with Crippen LogP contribution in [0.3, 0.4) is 0 Å². The van der Waals surface area contributed by atoms with Gasteiger partial charge in [-0.1, -0.05) is 11.6 Å². The van der Waals surface area contributed by atoms with Crippen LogP contribution in [0.5, 0.6) is 0 Å². The predicted octanol–water partition coefficient (Wildman–Crippen LogP) is 1.97. The Kier molecular flexibility index (Phi) is 3.32. The van der Waals surface area contributed by atoms with Crippen molar-refractivity contribution < 1.29 is 4.79 Å². The van der Waals surface area contributed by atoms with Crippen LogP contribution in [-0.4, -0.2) is 23.9 Å². The maximum Gasteiger partial charge on any atom is 0.219 e. The molecule has 68 valence electrons. The summed E-state index contributed by atoms with van der Waals surface area (Å²) in [4.78, 5) is 13.0. The normalized spacial score (nSPS) is 22.5. The van der Waals surface area contributed by atoms with Gasteiger partial charge in [-0.2, -0.15) is 0 Å². The van der Waals surface area contributed by atoms with Crippen LogP contribution >= 0.6 is 0 Å². The van der Waals surface area contributed by atoms with Crippen LogP contribution in [0.2, 0.25) is 0 Å². The molecule has 12 heavy (non-hydrogen) atoms. The second-order valence-electron chi connectivity index (χ2n) is 3.31. The Morgan fingerprint density at radius 3 is 2.75 bits per heavy atom. The Morgan fingerprint density at radius 2 is 2.17 bits per heavy atom. The van der Waals surface area contributed by atoms with E-state index in [1.54, 1.807) is 6.92 Å². The number of hydrogen-bond acceptors (Lipinski definition) is 1. The zero-order valence-electron chi connectivity index (χ0n) is 7.97. The number of allylic oxidation sites excluding steroid dienone is 1. The monoisotopic (exact) mass is 167 g/mol. The Balaban J connectivity index is 2.50. The van der Waals surface area contributed by atoms with E-state index in [0.717, 1.165) is 25.9 Å². The first kappa shape index (κ1) is 9.30. The minimum Gasteiger partial charge on any atom is -0.343 e. The molecule has 0 aromatic heterocycles. The molecular weight excluding hydrogens is 150 g/mol. The van der Waals surface area contributed by atoms with Crippen LogP contribution in [-0.2, 0) is 4.79 Å². The smallest absolute Gasteiger partial charge is 0.219 e. The van der Waals surface area contributed by atoms with E-state index in [4.69, 9.17) is 0 Å². The lowest BCUT2D eigenvalue weighted by atomic mass is 10.1. The van der Waals surface area contributed by atoms with Gasteiger partial charge < -0.3 is 4.90 Å². The molecule has 1 fully saturated rings. The lowest BCUT2D eigenvalue weighted by Crippen LogP contribution is -2.29. The summed E-state index contributed by atoms with van der Waals surface area (Å²) in [7, 11) is 0. The van der Waals surface area contributed by atoms with E-state index in [1.165, 1.54) is 12.0 Å². The SMILES string of the molecule is CC=C1CCCN(C(C)=O)CC1.